The molecule has 34 heavy (non-hydrogen) atoms. The molecule has 0 amide bonds. The van der Waals surface area contributed by atoms with Gasteiger partial charge in [-0.05, 0) is 0 Å². The number of allylic oxidation sites excluding steroid dienone is 16. The third kappa shape index (κ3) is 7.84. The maximum Gasteiger partial charge on any atom is -0.147 e. The van der Waals surface area contributed by atoms with Gasteiger partial charge in [-0.3, -0.25) is 0 Å². The summed E-state index contributed by atoms with van der Waals surface area (Å²) in [5.41, 5.74) is 6.27. The van der Waals surface area contributed by atoms with Crippen molar-refractivity contribution in [3.63, 3.8) is 0 Å². The summed E-state index contributed by atoms with van der Waals surface area (Å²) in [6.45, 7) is 19.5. The zero-order valence-corrected chi connectivity index (χ0v) is 33.1. The number of hydrogen-bond acceptors (Lipinski definition) is 0. The van der Waals surface area contributed by atoms with E-state index in [1.54, 1.807) is 22.3 Å². The molecule has 0 radical (unpaired) electrons. The molecule has 184 valence electrons. The topological polar surface area (TPSA) is 0 Å². The average Bonchev–Trinajstić information content (AvgIpc) is 3.51. The minimum absolute atomic E-state index is 0. The van der Waals surface area contributed by atoms with Gasteiger partial charge >= 0.3 is 215 Å². The molecule has 0 aromatic heterocycles. The summed E-state index contributed by atoms with van der Waals surface area (Å²) in [7, 11) is 0. The molecule has 0 bridgehead atoms. The van der Waals surface area contributed by atoms with Crippen molar-refractivity contribution in [1.29, 1.82) is 0 Å². The Balaban J connectivity index is 0.000000321. The SMILES string of the molecule is CC1=[C]([Hf]([C]2=C(C)C=CC2)=[Si](C)C)CC=C1.CC1=[C]([Hf]([C]2=C(C)C=CC2)=[Si](C)C)CC=C1.Cl.Cl. The molecule has 0 atom stereocenters. The van der Waals surface area contributed by atoms with Crippen LogP contribution in [0.1, 0.15) is 53.4 Å². The fourth-order valence-corrected chi connectivity index (χ4v) is 57.6. The molecule has 4 aliphatic rings. The van der Waals surface area contributed by atoms with Crippen LogP contribution in [0.4, 0.5) is 0 Å². The molecule has 4 rings (SSSR count). The van der Waals surface area contributed by atoms with E-state index in [9.17, 15) is 0 Å². The van der Waals surface area contributed by atoms with Gasteiger partial charge in [-0.2, -0.15) is 0 Å². The second-order valence-electron chi connectivity index (χ2n) is 9.82. The van der Waals surface area contributed by atoms with Crippen molar-refractivity contribution >= 4 is 35.8 Å². The van der Waals surface area contributed by atoms with Crippen LogP contribution in [0.2, 0.25) is 26.2 Å². The Morgan fingerprint density at radius 3 is 0.794 bits per heavy atom. The van der Waals surface area contributed by atoms with E-state index in [-0.39, 0.29) is 35.8 Å². The molecule has 0 heterocycles. The van der Waals surface area contributed by atoms with Crippen molar-refractivity contribution in [2.45, 2.75) is 79.6 Å². The first-order chi connectivity index (χ1) is 15.2. The van der Waals surface area contributed by atoms with Crippen molar-refractivity contribution in [3.05, 3.63) is 84.2 Å². The first-order valence-corrected chi connectivity index (χ1v) is 35.0. The molecule has 0 unspecified atom stereocenters. The van der Waals surface area contributed by atoms with Crippen LogP contribution in [0.25, 0.3) is 0 Å². The van der Waals surface area contributed by atoms with Gasteiger partial charge in [-0.1, -0.05) is 0 Å². The Hall–Kier alpha value is 0.674. The van der Waals surface area contributed by atoms with Gasteiger partial charge in [0.25, 0.3) is 0 Å². The van der Waals surface area contributed by atoms with Crippen LogP contribution in [0, 0.1) is 0 Å². The van der Waals surface area contributed by atoms with Crippen LogP contribution in [0.5, 0.6) is 0 Å². The fraction of sp³-hybridized carbons (Fsp3) is 0.429. The first-order valence-electron chi connectivity index (χ1n) is 12.0. The van der Waals surface area contributed by atoms with E-state index in [0.717, 1.165) is 0 Å². The quantitative estimate of drug-likeness (QED) is 0.248. The van der Waals surface area contributed by atoms with E-state index in [1.165, 1.54) is 25.7 Å². The van der Waals surface area contributed by atoms with E-state index in [2.05, 4.69) is 102 Å². The van der Waals surface area contributed by atoms with Gasteiger partial charge in [-0.15, -0.1) is 24.8 Å². The fourth-order valence-electron chi connectivity index (χ4n) is 5.23. The summed E-state index contributed by atoms with van der Waals surface area (Å²) in [5, 5.41) is 0. The van der Waals surface area contributed by atoms with E-state index in [4.69, 9.17) is 0 Å². The minimum atomic E-state index is -1.62. The largest absolute Gasteiger partial charge is 0.147 e. The van der Waals surface area contributed by atoms with Gasteiger partial charge in [0.1, 0.15) is 0 Å². The Kier molecular flexibility index (Phi) is 14.6. The maximum absolute atomic E-state index is 2.55. The Bertz CT molecular complexity index is 963. The second-order valence-corrected chi connectivity index (χ2v) is 57.6. The molecule has 0 fully saturated rings. The molecule has 0 N–H and O–H groups in total. The molecule has 0 spiro atoms. The number of halogens is 2. The zero-order chi connectivity index (χ0) is 23.4. The molecule has 0 aliphatic heterocycles. The molecule has 4 aliphatic carbocycles. The summed E-state index contributed by atoms with van der Waals surface area (Å²) < 4.78 is 7.62. The van der Waals surface area contributed by atoms with Crippen molar-refractivity contribution in [1.82, 2.24) is 0 Å². The van der Waals surface area contributed by atoms with Crippen LogP contribution in [-0.4, -0.2) is 11.0 Å². The predicted molar refractivity (Wildman–Crippen MR) is 155 cm³/mol. The first kappa shape index (κ1) is 32.7. The summed E-state index contributed by atoms with van der Waals surface area (Å²) >= 11 is -3.24. The van der Waals surface area contributed by atoms with Crippen LogP contribution >= 0.6 is 24.8 Å². The summed E-state index contributed by atoms with van der Waals surface area (Å²) in [4.78, 5) is 0. The van der Waals surface area contributed by atoms with Crippen molar-refractivity contribution < 1.29 is 40.1 Å². The van der Waals surface area contributed by atoms with Gasteiger partial charge in [0.2, 0.25) is 0 Å². The molecule has 6 heteroatoms. The Morgan fingerprint density at radius 1 is 0.471 bits per heavy atom. The van der Waals surface area contributed by atoms with Gasteiger partial charge in [0, 0.05) is 0 Å². The molecular weight excluding hydrogens is 820 g/mol. The van der Waals surface area contributed by atoms with E-state index in [1.807, 2.05) is 13.3 Å². The molecule has 0 saturated carbocycles. The van der Waals surface area contributed by atoms with E-state index < -0.39 is 40.1 Å². The summed E-state index contributed by atoms with van der Waals surface area (Å²) in [6, 6.07) is 0. The van der Waals surface area contributed by atoms with Crippen molar-refractivity contribution in [3.8, 4) is 0 Å². The van der Waals surface area contributed by atoms with Crippen LogP contribution in [0.15, 0.2) is 84.2 Å². The van der Waals surface area contributed by atoms with Gasteiger partial charge in [0.15, 0.2) is 0 Å². The van der Waals surface area contributed by atoms with E-state index >= 15 is 0 Å². The van der Waals surface area contributed by atoms with Gasteiger partial charge < -0.3 is 0 Å². The number of hydrogen-bond donors (Lipinski definition) is 0. The maximum atomic E-state index is 2.55. The molecular formula is C28H42Cl2Hf2Si2. The van der Waals surface area contributed by atoms with Crippen molar-refractivity contribution in [2.75, 3.05) is 0 Å². The predicted octanol–water partition coefficient (Wildman–Crippen LogP) is 9.49. The summed E-state index contributed by atoms with van der Waals surface area (Å²) in [6.07, 6.45) is 24.0. The molecule has 0 aromatic carbocycles. The van der Waals surface area contributed by atoms with Gasteiger partial charge in [-0.25, -0.2) is 0 Å². The van der Waals surface area contributed by atoms with Crippen LogP contribution in [0.3, 0.4) is 0 Å². The van der Waals surface area contributed by atoms with Crippen molar-refractivity contribution in [2.24, 2.45) is 0 Å². The van der Waals surface area contributed by atoms with Crippen LogP contribution in [-0.2, 0) is 40.1 Å². The third-order valence-corrected chi connectivity index (χ3v) is 57.6. The molecule has 0 saturated heterocycles. The Labute approximate surface area is 237 Å². The minimum Gasteiger partial charge on any atom is -0.147 e. The number of rotatable bonds is 4. The zero-order valence-electron chi connectivity index (χ0n) is 22.3. The molecule has 0 nitrogen and oxygen atoms in total. The molecule has 0 aromatic rings. The monoisotopic (exact) mass is 864 g/mol. The van der Waals surface area contributed by atoms with Crippen LogP contribution < -0.4 is 0 Å². The van der Waals surface area contributed by atoms with Gasteiger partial charge in [0.05, 0.1) is 0 Å². The normalized spacial score (nSPS) is 17.9. The smallest absolute Gasteiger partial charge is 0.147 e. The second kappa shape index (κ2) is 15.2. The third-order valence-electron chi connectivity index (χ3n) is 6.87. The van der Waals surface area contributed by atoms with E-state index in [0.29, 0.717) is 0 Å². The standard InChI is InChI=1S/4C6H7.2C2H6Si.2ClH.2Hf/c4*1-6-4-2-3-5-6;2*1-3-2;;;;/h4*2,4H,3H2,1H3;2*1-2H3;2*1H;;. The average molecular weight is 863 g/mol. The Morgan fingerprint density at radius 2 is 0.676 bits per heavy atom. The summed E-state index contributed by atoms with van der Waals surface area (Å²) in [5.74, 6) is 0.